The van der Waals surface area contributed by atoms with Crippen LogP contribution in [0.2, 0.25) is 0 Å². The first-order valence-electron chi connectivity index (χ1n) is 4.15. The molecule has 0 N–H and O–H groups in total. The Morgan fingerprint density at radius 3 is 2.27 bits per heavy atom. The van der Waals surface area contributed by atoms with Crippen molar-refractivity contribution in [3.63, 3.8) is 0 Å². The lowest BCUT2D eigenvalue weighted by Crippen LogP contribution is -2.22. The maximum absolute atomic E-state index is 5.65. The van der Waals surface area contributed by atoms with Gasteiger partial charge >= 0.3 is 0 Å². The average Bonchev–Trinajstić information content (AvgIpc) is 1.84. The summed E-state index contributed by atoms with van der Waals surface area (Å²) < 4.78 is 5.50. The minimum absolute atomic E-state index is 0.228. The van der Waals surface area contributed by atoms with E-state index in [0.29, 0.717) is 12.0 Å². The molecule has 1 nitrogen and oxygen atoms in total. The van der Waals surface area contributed by atoms with E-state index in [1.807, 2.05) is 0 Å². The third-order valence-corrected chi connectivity index (χ3v) is 1.77. The van der Waals surface area contributed by atoms with Gasteiger partial charge in [0.25, 0.3) is 0 Å². The number of hydrogen-bond acceptors (Lipinski definition) is 1. The first-order valence-corrected chi connectivity index (χ1v) is 4.69. The van der Waals surface area contributed by atoms with Crippen LogP contribution >= 0.6 is 11.6 Å². The molecule has 0 amide bonds. The summed E-state index contributed by atoms with van der Waals surface area (Å²) in [6.07, 6.45) is 1.34. The van der Waals surface area contributed by atoms with Gasteiger partial charge in [-0.15, -0.1) is 11.6 Å². The van der Waals surface area contributed by atoms with E-state index >= 15 is 0 Å². The lowest BCUT2D eigenvalue weighted by Gasteiger charge is -2.24. The van der Waals surface area contributed by atoms with Crippen molar-refractivity contribution in [3.8, 4) is 0 Å². The lowest BCUT2D eigenvalue weighted by atomic mass is 9.91. The first kappa shape index (κ1) is 11.2. The Hall–Kier alpha value is 0.250. The van der Waals surface area contributed by atoms with Gasteiger partial charge in [-0.05, 0) is 25.7 Å². The third kappa shape index (κ3) is 6.64. The predicted molar refractivity (Wildman–Crippen MR) is 50.2 cm³/mol. The highest BCUT2D eigenvalue weighted by Crippen LogP contribution is 2.21. The second-order valence-corrected chi connectivity index (χ2v) is 4.34. The van der Waals surface area contributed by atoms with Crippen LogP contribution in [0, 0.1) is 5.41 Å². The SMILES string of the molecule is CC(C)OCC(C)(C)CCCl. The van der Waals surface area contributed by atoms with Crippen molar-refractivity contribution in [3.05, 3.63) is 0 Å². The lowest BCUT2D eigenvalue weighted by molar-refractivity contribution is 0.0204. The molecule has 11 heavy (non-hydrogen) atoms. The smallest absolute Gasteiger partial charge is 0.0521 e. The molecule has 0 heterocycles. The van der Waals surface area contributed by atoms with Crippen molar-refractivity contribution in [2.24, 2.45) is 5.41 Å². The van der Waals surface area contributed by atoms with Crippen molar-refractivity contribution >= 4 is 11.6 Å². The van der Waals surface area contributed by atoms with Gasteiger partial charge in [0.1, 0.15) is 0 Å². The second kappa shape index (κ2) is 5.00. The molecular weight excluding hydrogens is 160 g/mol. The first-order chi connectivity index (χ1) is 4.98. The molecule has 0 rings (SSSR count). The van der Waals surface area contributed by atoms with Crippen molar-refractivity contribution in [1.29, 1.82) is 0 Å². The van der Waals surface area contributed by atoms with Crippen LogP contribution in [-0.2, 0) is 4.74 Å². The van der Waals surface area contributed by atoms with E-state index in [-0.39, 0.29) is 5.41 Å². The number of ether oxygens (including phenoxy) is 1. The fourth-order valence-corrected chi connectivity index (χ4v) is 1.23. The molecule has 0 aliphatic heterocycles. The van der Waals surface area contributed by atoms with Crippen LogP contribution in [0.4, 0.5) is 0 Å². The Balaban J connectivity index is 3.54. The minimum Gasteiger partial charge on any atom is -0.378 e. The quantitative estimate of drug-likeness (QED) is 0.588. The molecule has 0 atom stereocenters. The fourth-order valence-electron chi connectivity index (χ4n) is 0.720. The Bertz CT molecular complexity index is 99.7. The zero-order chi connectivity index (χ0) is 8.91. The highest BCUT2D eigenvalue weighted by Gasteiger charge is 2.17. The van der Waals surface area contributed by atoms with Gasteiger partial charge in [-0.25, -0.2) is 0 Å². The zero-order valence-corrected chi connectivity index (χ0v) is 8.74. The van der Waals surface area contributed by atoms with Crippen LogP contribution in [0.5, 0.6) is 0 Å². The number of halogens is 1. The maximum atomic E-state index is 5.65. The molecule has 0 spiro atoms. The standard InChI is InChI=1S/C9H19ClO/c1-8(2)11-7-9(3,4)5-6-10/h8H,5-7H2,1-4H3. The second-order valence-electron chi connectivity index (χ2n) is 3.96. The summed E-state index contributed by atoms with van der Waals surface area (Å²) in [4.78, 5) is 0. The summed E-state index contributed by atoms with van der Waals surface area (Å²) >= 11 is 5.65. The fraction of sp³-hybridized carbons (Fsp3) is 1.00. The van der Waals surface area contributed by atoms with E-state index in [9.17, 15) is 0 Å². The van der Waals surface area contributed by atoms with E-state index < -0.39 is 0 Å². The summed E-state index contributed by atoms with van der Waals surface area (Å²) in [7, 11) is 0. The predicted octanol–water partition coefficient (Wildman–Crippen LogP) is 3.07. The van der Waals surface area contributed by atoms with Gasteiger partial charge in [-0.2, -0.15) is 0 Å². The summed E-state index contributed by atoms with van der Waals surface area (Å²) in [5.74, 6) is 0.717. The summed E-state index contributed by atoms with van der Waals surface area (Å²) in [6.45, 7) is 9.26. The molecule has 0 radical (unpaired) electrons. The van der Waals surface area contributed by atoms with Crippen molar-refractivity contribution in [2.45, 2.75) is 40.2 Å². The van der Waals surface area contributed by atoms with Crippen LogP contribution in [0.3, 0.4) is 0 Å². The third-order valence-electron chi connectivity index (χ3n) is 1.58. The molecule has 0 aromatic rings. The van der Waals surface area contributed by atoms with Crippen LogP contribution in [0.1, 0.15) is 34.1 Å². The summed E-state index contributed by atoms with van der Waals surface area (Å²) in [5, 5.41) is 0. The molecule has 0 aromatic heterocycles. The van der Waals surface area contributed by atoms with Crippen LogP contribution in [0.25, 0.3) is 0 Å². The van der Waals surface area contributed by atoms with Gasteiger partial charge < -0.3 is 4.74 Å². The van der Waals surface area contributed by atoms with Gasteiger partial charge in [0.2, 0.25) is 0 Å². The van der Waals surface area contributed by atoms with Gasteiger partial charge in [0.15, 0.2) is 0 Å². The van der Waals surface area contributed by atoms with Gasteiger partial charge in [-0.1, -0.05) is 13.8 Å². The Kier molecular flexibility index (Phi) is 5.11. The van der Waals surface area contributed by atoms with Gasteiger partial charge in [0, 0.05) is 5.88 Å². The molecule has 0 fully saturated rings. The summed E-state index contributed by atoms with van der Waals surface area (Å²) in [5.41, 5.74) is 0.228. The van der Waals surface area contributed by atoms with Gasteiger partial charge in [0.05, 0.1) is 12.7 Å². The van der Waals surface area contributed by atoms with Crippen molar-refractivity contribution in [1.82, 2.24) is 0 Å². The molecule has 0 saturated carbocycles. The van der Waals surface area contributed by atoms with E-state index in [1.165, 1.54) is 0 Å². The molecule has 2 heteroatoms. The summed E-state index contributed by atoms with van der Waals surface area (Å²) in [6, 6.07) is 0. The largest absolute Gasteiger partial charge is 0.378 e. The molecule has 0 aliphatic carbocycles. The Labute approximate surface area is 75.1 Å². The number of hydrogen-bond donors (Lipinski definition) is 0. The van der Waals surface area contributed by atoms with Crippen LogP contribution in [-0.4, -0.2) is 18.6 Å². The Morgan fingerprint density at radius 2 is 1.91 bits per heavy atom. The van der Waals surface area contributed by atoms with Crippen LogP contribution in [0.15, 0.2) is 0 Å². The molecule has 0 unspecified atom stereocenters. The molecule has 0 saturated heterocycles. The molecular formula is C9H19ClO. The topological polar surface area (TPSA) is 9.23 Å². The number of alkyl halides is 1. The van der Waals surface area contributed by atoms with Crippen molar-refractivity contribution in [2.75, 3.05) is 12.5 Å². The minimum atomic E-state index is 0.228. The van der Waals surface area contributed by atoms with Crippen LogP contribution < -0.4 is 0 Å². The molecule has 68 valence electrons. The average molecular weight is 179 g/mol. The Morgan fingerprint density at radius 1 is 1.36 bits per heavy atom. The number of rotatable bonds is 5. The zero-order valence-electron chi connectivity index (χ0n) is 7.98. The molecule has 0 aliphatic rings. The maximum Gasteiger partial charge on any atom is 0.0521 e. The highest BCUT2D eigenvalue weighted by atomic mass is 35.5. The monoisotopic (exact) mass is 178 g/mol. The van der Waals surface area contributed by atoms with E-state index in [0.717, 1.165) is 13.0 Å². The highest BCUT2D eigenvalue weighted by molar-refractivity contribution is 6.17. The van der Waals surface area contributed by atoms with Gasteiger partial charge in [-0.3, -0.25) is 0 Å². The van der Waals surface area contributed by atoms with E-state index in [1.54, 1.807) is 0 Å². The molecule has 0 aromatic carbocycles. The normalized spacial score (nSPS) is 12.5. The van der Waals surface area contributed by atoms with E-state index in [4.69, 9.17) is 16.3 Å². The molecule has 0 bridgehead atoms. The van der Waals surface area contributed by atoms with Crippen molar-refractivity contribution < 1.29 is 4.74 Å². The van der Waals surface area contributed by atoms with E-state index in [2.05, 4.69) is 27.7 Å².